The van der Waals surface area contributed by atoms with Crippen LogP contribution in [0.2, 0.25) is 0 Å². The number of hydrogen-bond acceptors (Lipinski definition) is 7. The molecule has 1 amide bonds. The normalized spacial score (nSPS) is 19.2. The Morgan fingerprint density at radius 2 is 1.89 bits per heavy atom. The van der Waals surface area contributed by atoms with Crippen LogP contribution in [0, 0.1) is 11.6 Å². The van der Waals surface area contributed by atoms with E-state index in [2.05, 4.69) is 37.1 Å². The Kier molecular flexibility index (Phi) is 5.81. The largest absolute Gasteiger partial charge is 0.465 e. The SMILES string of the molecule is CC1CN(c2ccc(Nc3ncc(F)c(-c4cc(F)c5nc6n(c5c4)C(C)CC6)n3)nc2)CCN1C(=O)O. The molecule has 0 saturated carbocycles. The van der Waals surface area contributed by atoms with E-state index in [0.29, 0.717) is 36.5 Å². The summed E-state index contributed by atoms with van der Waals surface area (Å²) in [4.78, 5) is 32.0. The number of rotatable bonds is 4. The second-order valence-electron chi connectivity index (χ2n) is 9.80. The lowest BCUT2D eigenvalue weighted by molar-refractivity contribution is 0.122. The van der Waals surface area contributed by atoms with E-state index in [4.69, 9.17) is 0 Å². The van der Waals surface area contributed by atoms with Crippen molar-refractivity contribution in [3.05, 3.63) is 54.1 Å². The molecular weight excluding hydrogens is 494 g/mol. The molecule has 2 aliphatic rings. The van der Waals surface area contributed by atoms with Crippen molar-refractivity contribution in [1.82, 2.24) is 29.4 Å². The first-order valence-corrected chi connectivity index (χ1v) is 12.5. The van der Waals surface area contributed by atoms with Crippen LogP contribution in [-0.4, -0.2) is 66.3 Å². The molecule has 6 rings (SSSR count). The van der Waals surface area contributed by atoms with Gasteiger partial charge in [-0.05, 0) is 44.5 Å². The molecule has 2 unspecified atom stereocenters. The quantitative estimate of drug-likeness (QED) is 0.401. The zero-order valence-corrected chi connectivity index (χ0v) is 20.9. The van der Waals surface area contributed by atoms with Crippen molar-refractivity contribution in [3.63, 3.8) is 0 Å². The van der Waals surface area contributed by atoms with Gasteiger partial charge in [0.1, 0.15) is 22.9 Å². The van der Waals surface area contributed by atoms with Crippen LogP contribution in [0.25, 0.3) is 22.3 Å². The first-order valence-electron chi connectivity index (χ1n) is 12.5. The number of hydrogen-bond donors (Lipinski definition) is 2. The van der Waals surface area contributed by atoms with Crippen LogP contribution < -0.4 is 10.2 Å². The average Bonchev–Trinajstić information content (AvgIpc) is 3.45. The summed E-state index contributed by atoms with van der Waals surface area (Å²) in [7, 11) is 0. The number of amides is 1. The van der Waals surface area contributed by atoms with Crippen molar-refractivity contribution in [2.75, 3.05) is 29.9 Å². The molecule has 0 aliphatic carbocycles. The van der Waals surface area contributed by atoms with E-state index in [-0.39, 0.29) is 29.2 Å². The van der Waals surface area contributed by atoms with Crippen LogP contribution in [0.5, 0.6) is 0 Å². The van der Waals surface area contributed by atoms with Gasteiger partial charge in [-0.15, -0.1) is 0 Å². The van der Waals surface area contributed by atoms with Gasteiger partial charge in [-0.25, -0.2) is 33.5 Å². The van der Waals surface area contributed by atoms with E-state index in [1.165, 1.54) is 11.0 Å². The van der Waals surface area contributed by atoms with Crippen LogP contribution in [-0.2, 0) is 6.42 Å². The van der Waals surface area contributed by atoms with Gasteiger partial charge in [0, 0.05) is 43.7 Å². The molecule has 0 spiro atoms. The summed E-state index contributed by atoms with van der Waals surface area (Å²) >= 11 is 0. The van der Waals surface area contributed by atoms with Crippen molar-refractivity contribution in [3.8, 4) is 11.3 Å². The van der Waals surface area contributed by atoms with Gasteiger partial charge >= 0.3 is 6.09 Å². The number of halogens is 2. The number of fused-ring (bicyclic) bond motifs is 3. The van der Waals surface area contributed by atoms with Gasteiger partial charge in [-0.3, -0.25) is 0 Å². The number of benzene rings is 1. The van der Waals surface area contributed by atoms with Crippen LogP contribution >= 0.6 is 0 Å². The molecule has 3 aromatic heterocycles. The molecule has 4 aromatic rings. The lowest BCUT2D eigenvalue weighted by Crippen LogP contribution is -2.53. The molecule has 38 heavy (non-hydrogen) atoms. The summed E-state index contributed by atoms with van der Waals surface area (Å²) in [6.45, 7) is 5.47. The fourth-order valence-corrected chi connectivity index (χ4v) is 5.34. The van der Waals surface area contributed by atoms with Crippen molar-refractivity contribution in [2.24, 2.45) is 0 Å². The molecule has 196 valence electrons. The minimum Gasteiger partial charge on any atom is -0.465 e. The van der Waals surface area contributed by atoms with Gasteiger partial charge < -0.3 is 24.8 Å². The minimum atomic E-state index is -0.917. The Balaban J connectivity index is 1.23. The van der Waals surface area contributed by atoms with Crippen LogP contribution in [0.3, 0.4) is 0 Å². The van der Waals surface area contributed by atoms with Crippen molar-refractivity contribution in [1.29, 1.82) is 0 Å². The number of carboxylic acid groups (broad SMARTS) is 1. The van der Waals surface area contributed by atoms with Gasteiger partial charge in [0.15, 0.2) is 11.6 Å². The van der Waals surface area contributed by atoms with E-state index >= 15 is 0 Å². The third-order valence-electron chi connectivity index (χ3n) is 7.29. The molecule has 0 bridgehead atoms. The number of aromatic nitrogens is 5. The topological polar surface area (TPSA) is 112 Å². The summed E-state index contributed by atoms with van der Waals surface area (Å²) in [5.74, 6) is 0.225. The molecule has 2 atom stereocenters. The zero-order valence-electron chi connectivity index (χ0n) is 20.9. The van der Waals surface area contributed by atoms with Gasteiger partial charge in [-0.1, -0.05) is 0 Å². The minimum absolute atomic E-state index is 0.0218. The third-order valence-corrected chi connectivity index (χ3v) is 7.29. The van der Waals surface area contributed by atoms with E-state index in [1.54, 1.807) is 18.3 Å². The zero-order chi connectivity index (χ0) is 26.6. The number of anilines is 3. The van der Waals surface area contributed by atoms with Crippen LogP contribution in [0.1, 0.15) is 32.1 Å². The van der Waals surface area contributed by atoms with Crippen molar-refractivity contribution >= 4 is 34.6 Å². The number of piperazine rings is 1. The standard InChI is InChI=1S/C26H26F2N8O2/c1-14-3-6-22-32-24-18(27)9-16(10-20(24)36(14)22)23-19(28)12-30-25(33-23)31-21-5-4-17(11-29-21)34-7-8-35(26(37)38)15(2)13-34/h4-5,9-12,14-15H,3,6-8,13H2,1-2H3,(H,37,38)(H,29,30,31,33). The molecule has 1 fully saturated rings. The smallest absolute Gasteiger partial charge is 0.407 e. The van der Waals surface area contributed by atoms with Crippen LogP contribution in [0.4, 0.5) is 31.0 Å². The first-order chi connectivity index (χ1) is 18.3. The molecule has 10 nitrogen and oxygen atoms in total. The summed E-state index contributed by atoms with van der Waals surface area (Å²) in [6.07, 6.45) is 3.53. The highest BCUT2D eigenvalue weighted by Gasteiger charge is 2.28. The van der Waals surface area contributed by atoms with Gasteiger partial charge in [0.2, 0.25) is 5.95 Å². The Bertz CT molecular complexity index is 1540. The van der Waals surface area contributed by atoms with E-state index in [9.17, 15) is 18.7 Å². The van der Waals surface area contributed by atoms with Gasteiger partial charge in [-0.2, -0.15) is 0 Å². The molecule has 2 aliphatic heterocycles. The Hall–Kier alpha value is -4.35. The highest BCUT2D eigenvalue weighted by molar-refractivity contribution is 5.83. The monoisotopic (exact) mass is 520 g/mol. The number of carbonyl (C=O) groups is 1. The number of imidazole rings is 1. The summed E-state index contributed by atoms with van der Waals surface area (Å²) in [5.41, 5.74) is 2.05. The molecular formula is C26H26F2N8O2. The fraction of sp³-hybridized carbons (Fsp3) is 0.346. The molecule has 1 saturated heterocycles. The van der Waals surface area contributed by atoms with E-state index < -0.39 is 17.7 Å². The van der Waals surface area contributed by atoms with Crippen molar-refractivity contribution < 1.29 is 18.7 Å². The van der Waals surface area contributed by atoms with E-state index in [0.717, 1.165) is 30.6 Å². The lowest BCUT2D eigenvalue weighted by Gasteiger charge is -2.39. The van der Waals surface area contributed by atoms with Crippen molar-refractivity contribution in [2.45, 2.75) is 38.8 Å². The number of nitrogens with zero attached hydrogens (tertiary/aromatic N) is 7. The Labute approximate surface area is 217 Å². The lowest BCUT2D eigenvalue weighted by atomic mass is 10.1. The average molecular weight is 521 g/mol. The van der Waals surface area contributed by atoms with Crippen LogP contribution in [0.15, 0.2) is 36.7 Å². The Morgan fingerprint density at radius 3 is 2.63 bits per heavy atom. The fourth-order valence-electron chi connectivity index (χ4n) is 5.34. The summed E-state index contributed by atoms with van der Waals surface area (Å²) < 4.78 is 31.8. The summed E-state index contributed by atoms with van der Waals surface area (Å²) in [5, 5.41) is 12.3. The maximum Gasteiger partial charge on any atom is 0.407 e. The highest BCUT2D eigenvalue weighted by Crippen LogP contribution is 2.34. The molecule has 5 heterocycles. The highest BCUT2D eigenvalue weighted by atomic mass is 19.1. The second kappa shape index (κ2) is 9.19. The predicted octanol–water partition coefficient (Wildman–Crippen LogP) is 4.61. The maximum absolute atomic E-state index is 15.0. The third kappa shape index (κ3) is 4.15. The predicted molar refractivity (Wildman–Crippen MR) is 138 cm³/mol. The maximum atomic E-state index is 15.0. The number of pyridine rings is 1. The summed E-state index contributed by atoms with van der Waals surface area (Å²) in [6, 6.07) is 6.65. The Morgan fingerprint density at radius 1 is 1.05 bits per heavy atom. The molecule has 2 N–H and O–H groups in total. The number of aryl methyl sites for hydroxylation is 1. The second-order valence-corrected chi connectivity index (χ2v) is 9.80. The molecule has 0 radical (unpaired) electrons. The first kappa shape index (κ1) is 24.0. The van der Waals surface area contributed by atoms with Gasteiger partial charge in [0.25, 0.3) is 0 Å². The number of nitrogens with one attached hydrogen (secondary N) is 1. The molecule has 12 heteroatoms. The van der Waals surface area contributed by atoms with Gasteiger partial charge in [0.05, 0.1) is 23.6 Å². The molecule has 1 aromatic carbocycles. The van der Waals surface area contributed by atoms with E-state index in [1.807, 2.05) is 17.6 Å².